The predicted octanol–water partition coefficient (Wildman–Crippen LogP) is 4.67. The van der Waals surface area contributed by atoms with Crippen LogP contribution in [0.4, 0.5) is 17.6 Å². The lowest BCUT2D eigenvalue weighted by Gasteiger charge is -2.11. The van der Waals surface area contributed by atoms with Crippen molar-refractivity contribution in [3.63, 3.8) is 0 Å². The van der Waals surface area contributed by atoms with Crippen molar-refractivity contribution in [2.45, 2.75) is 6.36 Å². The van der Waals surface area contributed by atoms with E-state index < -0.39 is 17.9 Å². The molecule has 3 nitrogen and oxygen atoms in total. The molecule has 0 bridgehead atoms. The Kier molecular flexibility index (Phi) is 4.12. The molecule has 0 aliphatic heterocycles. The standard InChI is InChI=1S/C12H6BrF4NO2/c13-8-6-7(3-4-10(8)20-12(15,16)17)19-11-9(14)2-1-5-18-11/h1-6H. The van der Waals surface area contributed by atoms with Crippen LogP contribution in [0.1, 0.15) is 0 Å². The van der Waals surface area contributed by atoms with E-state index in [0.29, 0.717) is 0 Å². The number of ether oxygens (including phenoxy) is 2. The minimum atomic E-state index is -4.79. The van der Waals surface area contributed by atoms with Crippen LogP contribution in [-0.2, 0) is 0 Å². The molecular formula is C12H6BrF4NO2. The van der Waals surface area contributed by atoms with Crippen LogP contribution in [0.15, 0.2) is 41.0 Å². The molecule has 0 unspecified atom stereocenters. The lowest BCUT2D eigenvalue weighted by Crippen LogP contribution is -2.17. The van der Waals surface area contributed by atoms with Crippen molar-refractivity contribution in [2.75, 3.05) is 0 Å². The average molecular weight is 352 g/mol. The smallest absolute Gasteiger partial charge is 0.436 e. The second-order valence-electron chi connectivity index (χ2n) is 3.53. The van der Waals surface area contributed by atoms with Crippen LogP contribution in [0.2, 0.25) is 0 Å². The highest BCUT2D eigenvalue weighted by Crippen LogP contribution is 2.34. The number of nitrogens with zero attached hydrogens (tertiary/aromatic N) is 1. The fraction of sp³-hybridized carbons (Fsp3) is 0.0833. The van der Waals surface area contributed by atoms with Crippen LogP contribution in [0, 0.1) is 5.82 Å². The van der Waals surface area contributed by atoms with Gasteiger partial charge in [-0.15, -0.1) is 13.2 Å². The Labute approximate surface area is 119 Å². The largest absolute Gasteiger partial charge is 0.573 e. The Bertz CT molecular complexity index is 619. The second-order valence-corrected chi connectivity index (χ2v) is 4.39. The molecule has 1 heterocycles. The van der Waals surface area contributed by atoms with Crippen molar-refractivity contribution in [2.24, 2.45) is 0 Å². The highest BCUT2D eigenvalue weighted by atomic mass is 79.9. The van der Waals surface area contributed by atoms with Crippen molar-refractivity contribution < 1.29 is 27.0 Å². The van der Waals surface area contributed by atoms with Crippen LogP contribution in [0.25, 0.3) is 0 Å². The van der Waals surface area contributed by atoms with Crippen molar-refractivity contribution >= 4 is 15.9 Å². The Morgan fingerprint density at radius 1 is 1.15 bits per heavy atom. The van der Waals surface area contributed by atoms with Crippen LogP contribution in [0.3, 0.4) is 0 Å². The summed E-state index contributed by atoms with van der Waals surface area (Å²) in [5, 5.41) is 0. The lowest BCUT2D eigenvalue weighted by molar-refractivity contribution is -0.274. The first-order valence-electron chi connectivity index (χ1n) is 5.19. The predicted molar refractivity (Wildman–Crippen MR) is 65.1 cm³/mol. The van der Waals surface area contributed by atoms with Gasteiger partial charge in [-0.25, -0.2) is 9.37 Å². The van der Waals surface area contributed by atoms with E-state index in [9.17, 15) is 17.6 Å². The van der Waals surface area contributed by atoms with E-state index in [0.717, 1.165) is 12.1 Å². The van der Waals surface area contributed by atoms with E-state index >= 15 is 0 Å². The van der Waals surface area contributed by atoms with Gasteiger partial charge in [0.15, 0.2) is 5.82 Å². The summed E-state index contributed by atoms with van der Waals surface area (Å²) in [6, 6.07) is 6.01. The van der Waals surface area contributed by atoms with Crippen LogP contribution < -0.4 is 9.47 Å². The number of halogens is 5. The molecule has 0 radical (unpaired) electrons. The van der Waals surface area contributed by atoms with Gasteiger partial charge in [-0.1, -0.05) is 0 Å². The maximum Gasteiger partial charge on any atom is 0.573 e. The number of hydrogen-bond acceptors (Lipinski definition) is 3. The molecule has 20 heavy (non-hydrogen) atoms. The molecule has 0 N–H and O–H groups in total. The summed E-state index contributed by atoms with van der Waals surface area (Å²) in [6.45, 7) is 0. The number of alkyl halides is 3. The van der Waals surface area contributed by atoms with E-state index in [2.05, 4.69) is 25.7 Å². The molecule has 8 heteroatoms. The Hall–Kier alpha value is -1.83. The minimum Gasteiger partial charge on any atom is -0.436 e. The summed E-state index contributed by atoms with van der Waals surface area (Å²) >= 11 is 2.91. The molecule has 0 saturated carbocycles. The fourth-order valence-electron chi connectivity index (χ4n) is 1.31. The van der Waals surface area contributed by atoms with Gasteiger partial charge in [-0.3, -0.25) is 0 Å². The monoisotopic (exact) mass is 351 g/mol. The summed E-state index contributed by atoms with van der Waals surface area (Å²) < 4.78 is 58.5. The van der Waals surface area contributed by atoms with Crippen molar-refractivity contribution in [3.8, 4) is 17.4 Å². The molecular weight excluding hydrogens is 346 g/mol. The average Bonchev–Trinajstić information content (AvgIpc) is 2.34. The maximum absolute atomic E-state index is 13.3. The summed E-state index contributed by atoms with van der Waals surface area (Å²) in [4.78, 5) is 3.66. The Morgan fingerprint density at radius 2 is 1.90 bits per heavy atom. The number of benzene rings is 1. The first-order chi connectivity index (χ1) is 9.35. The molecule has 0 aliphatic carbocycles. The molecule has 2 rings (SSSR count). The second kappa shape index (κ2) is 5.66. The van der Waals surface area contributed by atoms with Gasteiger partial charge in [0.1, 0.15) is 11.5 Å². The van der Waals surface area contributed by atoms with Gasteiger partial charge in [0.05, 0.1) is 4.47 Å². The van der Waals surface area contributed by atoms with E-state index in [4.69, 9.17) is 4.74 Å². The summed E-state index contributed by atoms with van der Waals surface area (Å²) in [5.74, 6) is -1.27. The van der Waals surface area contributed by atoms with E-state index in [1.165, 1.54) is 24.4 Å². The van der Waals surface area contributed by atoms with Gasteiger partial charge in [0.25, 0.3) is 5.88 Å². The number of hydrogen-bond donors (Lipinski definition) is 0. The summed E-state index contributed by atoms with van der Waals surface area (Å²) in [5.41, 5.74) is 0. The highest BCUT2D eigenvalue weighted by Gasteiger charge is 2.32. The zero-order chi connectivity index (χ0) is 14.8. The zero-order valence-electron chi connectivity index (χ0n) is 9.62. The van der Waals surface area contributed by atoms with E-state index in [-0.39, 0.29) is 16.1 Å². The van der Waals surface area contributed by atoms with Gasteiger partial charge >= 0.3 is 6.36 Å². The molecule has 0 atom stereocenters. The third kappa shape index (κ3) is 3.83. The number of pyridine rings is 1. The van der Waals surface area contributed by atoms with Crippen LogP contribution >= 0.6 is 15.9 Å². The van der Waals surface area contributed by atoms with E-state index in [1.807, 2.05) is 0 Å². The lowest BCUT2D eigenvalue weighted by atomic mass is 10.3. The molecule has 1 aromatic carbocycles. The van der Waals surface area contributed by atoms with Crippen LogP contribution in [-0.4, -0.2) is 11.3 Å². The molecule has 106 valence electrons. The Morgan fingerprint density at radius 3 is 2.50 bits per heavy atom. The minimum absolute atomic E-state index is 0.0173. The van der Waals surface area contributed by atoms with Gasteiger partial charge < -0.3 is 9.47 Å². The highest BCUT2D eigenvalue weighted by molar-refractivity contribution is 9.10. The van der Waals surface area contributed by atoms with Gasteiger partial charge in [-0.05, 0) is 46.3 Å². The normalized spacial score (nSPS) is 11.2. The first kappa shape index (κ1) is 14.6. The third-order valence-electron chi connectivity index (χ3n) is 2.07. The Balaban J connectivity index is 2.19. The topological polar surface area (TPSA) is 31.4 Å². The molecule has 0 fully saturated rings. The van der Waals surface area contributed by atoms with Crippen molar-refractivity contribution in [3.05, 3.63) is 46.8 Å². The van der Waals surface area contributed by atoms with Crippen molar-refractivity contribution in [1.29, 1.82) is 0 Å². The van der Waals surface area contributed by atoms with Crippen LogP contribution in [0.5, 0.6) is 17.4 Å². The number of rotatable bonds is 3. The summed E-state index contributed by atoms with van der Waals surface area (Å²) in [6.07, 6.45) is -3.47. The fourth-order valence-corrected chi connectivity index (χ4v) is 1.75. The summed E-state index contributed by atoms with van der Waals surface area (Å²) in [7, 11) is 0. The quantitative estimate of drug-likeness (QED) is 0.752. The zero-order valence-corrected chi connectivity index (χ0v) is 11.2. The first-order valence-corrected chi connectivity index (χ1v) is 5.98. The SMILES string of the molecule is Fc1cccnc1Oc1ccc(OC(F)(F)F)c(Br)c1. The molecule has 1 aromatic heterocycles. The molecule has 0 saturated heterocycles. The van der Waals surface area contributed by atoms with Crippen molar-refractivity contribution in [1.82, 2.24) is 4.98 Å². The number of aromatic nitrogens is 1. The maximum atomic E-state index is 13.3. The third-order valence-corrected chi connectivity index (χ3v) is 2.69. The van der Waals surface area contributed by atoms with Gasteiger partial charge in [0.2, 0.25) is 0 Å². The molecule has 0 aliphatic rings. The van der Waals surface area contributed by atoms with Gasteiger partial charge in [-0.2, -0.15) is 0 Å². The van der Waals surface area contributed by atoms with E-state index in [1.54, 1.807) is 0 Å². The molecule has 2 aromatic rings. The van der Waals surface area contributed by atoms with Gasteiger partial charge in [0, 0.05) is 6.20 Å². The molecule has 0 spiro atoms. The molecule has 0 amide bonds.